The average Bonchev–Trinajstić information content (AvgIpc) is 3.47. The Morgan fingerprint density at radius 1 is 1.19 bits per heavy atom. The summed E-state index contributed by atoms with van der Waals surface area (Å²) in [6.45, 7) is 3.37. The van der Waals surface area contributed by atoms with Gasteiger partial charge in [-0.25, -0.2) is 0 Å². The quantitative estimate of drug-likeness (QED) is 0.742. The van der Waals surface area contributed by atoms with Crippen molar-refractivity contribution in [3.05, 3.63) is 28.8 Å². The number of aliphatic hydroxyl groups is 1. The molecule has 2 unspecified atom stereocenters. The van der Waals surface area contributed by atoms with Crippen molar-refractivity contribution in [2.75, 3.05) is 31.6 Å². The Hall–Kier alpha value is -2.12. The van der Waals surface area contributed by atoms with E-state index in [1.165, 1.54) is 6.92 Å². The molecule has 1 spiro atoms. The van der Waals surface area contributed by atoms with Crippen molar-refractivity contribution in [2.24, 2.45) is 11.3 Å². The van der Waals surface area contributed by atoms with Crippen LogP contribution in [0.5, 0.6) is 0 Å². The first-order valence-electron chi connectivity index (χ1n) is 11.1. The van der Waals surface area contributed by atoms with E-state index >= 15 is 0 Å². The van der Waals surface area contributed by atoms with Gasteiger partial charge in [0.1, 0.15) is 0 Å². The highest BCUT2D eigenvalue weighted by Gasteiger charge is 2.60. The van der Waals surface area contributed by atoms with Crippen LogP contribution in [-0.4, -0.2) is 64.9 Å². The van der Waals surface area contributed by atoms with Crippen molar-refractivity contribution < 1.29 is 19.5 Å². The number of hydrogen-bond acceptors (Lipinski definition) is 4. The van der Waals surface area contributed by atoms with Gasteiger partial charge >= 0.3 is 0 Å². The summed E-state index contributed by atoms with van der Waals surface area (Å²) in [5.74, 6) is -0.151. The van der Waals surface area contributed by atoms with Crippen molar-refractivity contribution in [1.82, 2.24) is 9.80 Å². The van der Waals surface area contributed by atoms with Crippen LogP contribution in [0.1, 0.15) is 55.8 Å². The number of hydrogen-bond donors (Lipinski definition) is 2. The fourth-order valence-corrected chi connectivity index (χ4v) is 5.42. The Balaban J connectivity index is 1.38. The molecule has 2 saturated heterocycles. The number of piperidine rings is 2. The van der Waals surface area contributed by atoms with E-state index in [1.807, 2.05) is 4.90 Å². The minimum atomic E-state index is -0.206. The Morgan fingerprint density at radius 3 is 2.61 bits per heavy atom. The summed E-state index contributed by atoms with van der Waals surface area (Å²) in [6.07, 6.45) is 5.42. The smallest absolute Gasteiger partial charge is 0.255 e. The highest BCUT2D eigenvalue weighted by Crippen LogP contribution is 2.60. The third kappa shape index (κ3) is 4.44. The number of benzene rings is 1. The predicted molar refractivity (Wildman–Crippen MR) is 118 cm³/mol. The SMILES string of the molecule is CC(=O)Nc1ccc(Cl)c(C(=O)N2CCC3(CC2)CC3C(=O)N2CCCCC2CO)c1. The standard InChI is InChI=1S/C23H30ClN3O4/c1-15(29)25-16-5-6-20(24)18(12-16)21(30)26-10-7-23(8-11-26)13-19(23)22(31)27-9-3-2-4-17(27)14-28/h5-6,12,17,19,28H,2-4,7-11,13-14H2,1H3,(H,25,29). The van der Waals surface area contributed by atoms with Crippen LogP contribution in [-0.2, 0) is 9.59 Å². The van der Waals surface area contributed by atoms with Crippen LogP contribution in [0.15, 0.2) is 18.2 Å². The molecule has 0 aromatic heterocycles. The number of halogens is 1. The normalized spacial score (nSPS) is 24.7. The van der Waals surface area contributed by atoms with E-state index in [0.717, 1.165) is 45.1 Å². The van der Waals surface area contributed by atoms with E-state index in [1.54, 1.807) is 23.1 Å². The molecule has 2 atom stereocenters. The lowest BCUT2D eigenvalue weighted by Gasteiger charge is -2.37. The second kappa shape index (κ2) is 8.79. The van der Waals surface area contributed by atoms with E-state index in [0.29, 0.717) is 29.4 Å². The molecule has 0 radical (unpaired) electrons. The first kappa shape index (κ1) is 22.1. The fraction of sp³-hybridized carbons (Fsp3) is 0.609. The zero-order valence-electron chi connectivity index (χ0n) is 17.9. The number of amides is 3. The lowest BCUT2D eigenvalue weighted by atomic mass is 9.89. The summed E-state index contributed by atoms with van der Waals surface area (Å²) in [6, 6.07) is 4.87. The summed E-state index contributed by atoms with van der Waals surface area (Å²) < 4.78 is 0. The average molecular weight is 448 g/mol. The number of likely N-dealkylation sites (tertiary alicyclic amines) is 2. The number of carbonyl (C=O) groups excluding carboxylic acids is 3. The molecule has 3 aliphatic rings. The molecule has 0 bridgehead atoms. The number of aliphatic hydroxyl groups excluding tert-OH is 1. The molecule has 3 fully saturated rings. The zero-order chi connectivity index (χ0) is 22.2. The lowest BCUT2D eigenvalue weighted by Crippen LogP contribution is -2.47. The summed E-state index contributed by atoms with van der Waals surface area (Å²) in [4.78, 5) is 41.2. The van der Waals surface area contributed by atoms with Gasteiger partial charge in [0, 0.05) is 38.2 Å². The zero-order valence-corrected chi connectivity index (χ0v) is 18.7. The molecule has 1 saturated carbocycles. The topological polar surface area (TPSA) is 90.0 Å². The van der Waals surface area contributed by atoms with Crippen molar-refractivity contribution in [2.45, 2.75) is 51.5 Å². The van der Waals surface area contributed by atoms with E-state index in [9.17, 15) is 19.5 Å². The molecule has 4 rings (SSSR count). The van der Waals surface area contributed by atoms with Gasteiger partial charge in [-0.1, -0.05) is 11.6 Å². The molecule has 8 heteroatoms. The maximum absolute atomic E-state index is 13.1. The maximum atomic E-state index is 13.1. The highest BCUT2D eigenvalue weighted by molar-refractivity contribution is 6.34. The van der Waals surface area contributed by atoms with Crippen molar-refractivity contribution in [3.8, 4) is 0 Å². The number of nitrogens with one attached hydrogen (secondary N) is 1. The van der Waals surface area contributed by atoms with Crippen LogP contribution < -0.4 is 5.32 Å². The molecular formula is C23H30ClN3O4. The second-order valence-electron chi connectivity index (χ2n) is 9.15. The van der Waals surface area contributed by atoms with Crippen LogP contribution >= 0.6 is 11.6 Å². The number of carbonyl (C=O) groups is 3. The first-order chi connectivity index (χ1) is 14.8. The third-order valence-electron chi connectivity index (χ3n) is 7.17. The highest BCUT2D eigenvalue weighted by atomic mass is 35.5. The van der Waals surface area contributed by atoms with Gasteiger partial charge in [0.25, 0.3) is 5.91 Å². The third-order valence-corrected chi connectivity index (χ3v) is 7.50. The van der Waals surface area contributed by atoms with Crippen LogP contribution in [0.2, 0.25) is 5.02 Å². The van der Waals surface area contributed by atoms with Crippen LogP contribution in [0.4, 0.5) is 5.69 Å². The van der Waals surface area contributed by atoms with E-state index in [-0.39, 0.29) is 41.7 Å². The molecule has 3 amide bonds. The van der Waals surface area contributed by atoms with Crippen molar-refractivity contribution in [1.29, 1.82) is 0 Å². The maximum Gasteiger partial charge on any atom is 0.255 e. The minimum absolute atomic E-state index is 0.00680. The largest absolute Gasteiger partial charge is 0.394 e. The van der Waals surface area contributed by atoms with E-state index in [2.05, 4.69) is 5.32 Å². The number of nitrogens with zero attached hydrogens (tertiary/aromatic N) is 2. The summed E-state index contributed by atoms with van der Waals surface area (Å²) in [5.41, 5.74) is 0.917. The van der Waals surface area contributed by atoms with Crippen molar-refractivity contribution >= 4 is 35.0 Å². The lowest BCUT2D eigenvalue weighted by molar-refractivity contribution is -0.138. The Morgan fingerprint density at radius 2 is 1.94 bits per heavy atom. The van der Waals surface area contributed by atoms with Gasteiger partial charge in [0.2, 0.25) is 11.8 Å². The van der Waals surface area contributed by atoms with Crippen LogP contribution in [0, 0.1) is 11.3 Å². The fourth-order valence-electron chi connectivity index (χ4n) is 5.23. The molecule has 7 nitrogen and oxygen atoms in total. The minimum Gasteiger partial charge on any atom is -0.394 e. The van der Waals surface area contributed by atoms with Crippen molar-refractivity contribution in [3.63, 3.8) is 0 Å². The molecule has 1 aliphatic carbocycles. The van der Waals surface area contributed by atoms with Gasteiger partial charge in [0.05, 0.1) is 23.2 Å². The van der Waals surface area contributed by atoms with Crippen LogP contribution in [0.3, 0.4) is 0 Å². The summed E-state index contributed by atoms with van der Waals surface area (Å²) >= 11 is 6.26. The number of rotatable bonds is 4. The van der Waals surface area contributed by atoms with Gasteiger partial charge in [0.15, 0.2) is 0 Å². The van der Waals surface area contributed by atoms with E-state index in [4.69, 9.17) is 11.6 Å². The molecule has 31 heavy (non-hydrogen) atoms. The van der Waals surface area contributed by atoms with E-state index < -0.39 is 0 Å². The van der Waals surface area contributed by atoms with Gasteiger partial charge in [-0.3, -0.25) is 14.4 Å². The molecule has 2 heterocycles. The Bertz CT molecular complexity index is 882. The molecule has 2 aliphatic heterocycles. The van der Waals surface area contributed by atoms with Gasteiger partial charge in [-0.15, -0.1) is 0 Å². The molecule has 168 valence electrons. The Labute approximate surface area is 187 Å². The Kier molecular flexibility index (Phi) is 6.26. The van der Waals surface area contributed by atoms with Gasteiger partial charge in [-0.05, 0) is 62.1 Å². The second-order valence-corrected chi connectivity index (χ2v) is 9.56. The summed E-state index contributed by atoms with van der Waals surface area (Å²) in [5, 5.41) is 12.7. The molecule has 2 N–H and O–H groups in total. The summed E-state index contributed by atoms with van der Waals surface area (Å²) in [7, 11) is 0. The molecule has 1 aromatic carbocycles. The molecular weight excluding hydrogens is 418 g/mol. The van der Waals surface area contributed by atoms with Gasteiger partial charge in [-0.2, -0.15) is 0 Å². The number of anilines is 1. The van der Waals surface area contributed by atoms with Gasteiger partial charge < -0.3 is 20.2 Å². The molecule has 1 aromatic rings. The first-order valence-corrected chi connectivity index (χ1v) is 11.5. The van der Waals surface area contributed by atoms with Crippen LogP contribution in [0.25, 0.3) is 0 Å². The monoisotopic (exact) mass is 447 g/mol. The predicted octanol–water partition coefficient (Wildman–Crippen LogP) is 2.91.